The van der Waals surface area contributed by atoms with Gasteiger partial charge in [0.15, 0.2) is 0 Å². The molecule has 1 rings (SSSR count). The fourth-order valence-electron chi connectivity index (χ4n) is 1.70. The summed E-state index contributed by atoms with van der Waals surface area (Å²) in [6.07, 6.45) is -0.632. The number of carbonyl (C=O) groups is 2. The number of amides is 2. The Balaban J connectivity index is 2.52. The molecule has 0 bridgehead atoms. The quantitative estimate of drug-likeness (QED) is 0.733. The van der Waals surface area contributed by atoms with Crippen LogP contribution in [0.2, 0.25) is 0 Å². The number of ether oxygens (including phenoxy) is 2. The zero-order valence-electron chi connectivity index (χ0n) is 11.9. The van der Waals surface area contributed by atoms with E-state index in [0.717, 1.165) is 0 Å². The van der Waals surface area contributed by atoms with Gasteiger partial charge in [-0.2, -0.15) is 0 Å². The maximum atomic E-state index is 12.1. The highest BCUT2D eigenvalue weighted by Gasteiger charge is 2.34. The van der Waals surface area contributed by atoms with Gasteiger partial charge in [-0.1, -0.05) is 0 Å². The monoisotopic (exact) mass is 273 g/mol. The summed E-state index contributed by atoms with van der Waals surface area (Å²) in [6.45, 7) is 6.39. The van der Waals surface area contributed by atoms with Crippen molar-refractivity contribution < 1.29 is 19.1 Å². The smallest absolute Gasteiger partial charge is 0.408 e. The van der Waals surface area contributed by atoms with E-state index in [1.807, 2.05) is 0 Å². The second-order valence-corrected chi connectivity index (χ2v) is 5.66. The topological polar surface area (TPSA) is 93.9 Å². The Morgan fingerprint density at radius 1 is 1.42 bits per heavy atom. The van der Waals surface area contributed by atoms with Crippen molar-refractivity contribution in [2.75, 3.05) is 26.8 Å². The lowest BCUT2D eigenvalue weighted by molar-refractivity contribution is -0.139. The molecule has 0 unspecified atom stereocenters. The van der Waals surface area contributed by atoms with E-state index in [0.29, 0.717) is 13.1 Å². The highest BCUT2D eigenvalue weighted by molar-refractivity contribution is 5.86. The summed E-state index contributed by atoms with van der Waals surface area (Å²) in [5.74, 6) is -0.200. The average molecular weight is 273 g/mol. The van der Waals surface area contributed by atoms with Crippen LogP contribution in [0.15, 0.2) is 0 Å². The van der Waals surface area contributed by atoms with E-state index in [1.54, 1.807) is 25.7 Å². The van der Waals surface area contributed by atoms with E-state index in [-0.39, 0.29) is 18.6 Å². The lowest BCUT2D eigenvalue weighted by Gasteiger charge is -2.39. The summed E-state index contributed by atoms with van der Waals surface area (Å²) in [4.78, 5) is 25.3. The molecule has 0 radical (unpaired) electrons. The first kappa shape index (κ1) is 15.7. The second kappa shape index (κ2) is 6.21. The summed E-state index contributed by atoms with van der Waals surface area (Å²) in [5.41, 5.74) is 5.02. The summed E-state index contributed by atoms with van der Waals surface area (Å²) >= 11 is 0. The standard InChI is InChI=1S/C12H23N3O4/c1-12(2,3)19-11(17)14-9(7-18-4)10(16)15-5-8(13)6-15/h8-9H,5-7,13H2,1-4H3,(H,14,17)/t9-/m1/s1. The molecule has 110 valence electrons. The van der Waals surface area contributed by atoms with Crippen molar-refractivity contribution in [2.24, 2.45) is 5.73 Å². The molecule has 0 aromatic heterocycles. The zero-order valence-corrected chi connectivity index (χ0v) is 11.9. The molecule has 0 spiro atoms. The van der Waals surface area contributed by atoms with E-state index in [2.05, 4.69) is 5.32 Å². The van der Waals surface area contributed by atoms with Crippen molar-refractivity contribution >= 4 is 12.0 Å². The third kappa shape index (κ3) is 5.04. The van der Waals surface area contributed by atoms with Crippen LogP contribution in [0.5, 0.6) is 0 Å². The Labute approximate surface area is 113 Å². The largest absolute Gasteiger partial charge is 0.444 e. The van der Waals surface area contributed by atoms with Crippen LogP contribution in [0.3, 0.4) is 0 Å². The predicted molar refractivity (Wildman–Crippen MR) is 69.6 cm³/mol. The van der Waals surface area contributed by atoms with Gasteiger partial charge in [-0.3, -0.25) is 4.79 Å². The van der Waals surface area contributed by atoms with Crippen LogP contribution in [0.25, 0.3) is 0 Å². The molecule has 1 atom stereocenters. The van der Waals surface area contributed by atoms with Gasteiger partial charge in [-0.25, -0.2) is 4.79 Å². The Bertz CT molecular complexity index is 334. The predicted octanol–water partition coefficient (Wildman–Crippen LogP) is -0.304. The summed E-state index contributed by atoms with van der Waals surface area (Å²) in [7, 11) is 1.47. The van der Waals surface area contributed by atoms with E-state index >= 15 is 0 Å². The maximum Gasteiger partial charge on any atom is 0.408 e. The van der Waals surface area contributed by atoms with Crippen molar-refractivity contribution in [1.29, 1.82) is 0 Å². The molecule has 0 aromatic carbocycles. The zero-order chi connectivity index (χ0) is 14.6. The molecule has 0 saturated carbocycles. The minimum Gasteiger partial charge on any atom is -0.444 e. The Morgan fingerprint density at radius 2 is 2.00 bits per heavy atom. The van der Waals surface area contributed by atoms with Gasteiger partial charge < -0.3 is 25.4 Å². The molecule has 7 heteroatoms. The van der Waals surface area contributed by atoms with E-state index in [4.69, 9.17) is 15.2 Å². The molecule has 3 N–H and O–H groups in total. The van der Waals surface area contributed by atoms with E-state index < -0.39 is 17.7 Å². The number of likely N-dealkylation sites (tertiary alicyclic amines) is 1. The molecule has 1 aliphatic rings. The first-order chi connectivity index (χ1) is 8.73. The fraction of sp³-hybridized carbons (Fsp3) is 0.833. The third-order valence-electron chi connectivity index (χ3n) is 2.54. The van der Waals surface area contributed by atoms with Crippen molar-refractivity contribution in [3.05, 3.63) is 0 Å². The lowest BCUT2D eigenvalue weighted by atomic mass is 10.1. The average Bonchev–Trinajstić information content (AvgIpc) is 2.20. The van der Waals surface area contributed by atoms with Crippen LogP contribution in [-0.2, 0) is 14.3 Å². The minimum absolute atomic E-state index is 0.0219. The number of hydrogen-bond acceptors (Lipinski definition) is 5. The molecule has 7 nitrogen and oxygen atoms in total. The Hall–Kier alpha value is -1.34. The number of alkyl carbamates (subject to hydrolysis) is 1. The number of carbonyl (C=O) groups excluding carboxylic acids is 2. The molecular weight excluding hydrogens is 250 g/mol. The number of hydrogen-bond donors (Lipinski definition) is 2. The van der Waals surface area contributed by atoms with Gasteiger partial charge in [0.05, 0.1) is 6.61 Å². The van der Waals surface area contributed by atoms with Crippen LogP contribution >= 0.6 is 0 Å². The molecule has 1 aliphatic heterocycles. The fourth-order valence-corrected chi connectivity index (χ4v) is 1.70. The van der Waals surface area contributed by atoms with Gasteiger partial charge in [-0.05, 0) is 20.8 Å². The summed E-state index contributed by atoms with van der Waals surface area (Å²) in [5, 5.41) is 2.52. The van der Waals surface area contributed by atoms with Crippen molar-refractivity contribution in [1.82, 2.24) is 10.2 Å². The maximum absolute atomic E-state index is 12.1. The first-order valence-electron chi connectivity index (χ1n) is 6.25. The van der Waals surface area contributed by atoms with Crippen molar-refractivity contribution in [3.63, 3.8) is 0 Å². The van der Waals surface area contributed by atoms with Gasteiger partial charge >= 0.3 is 6.09 Å². The normalized spacial score (nSPS) is 17.6. The van der Waals surface area contributed by atoms with Crippen molar-refractivity contribution in [3.8, 4) is 0 Å². The molecule has 2 amide bonds. The van der Waals surface area contributed by atoms with Gasteiger partial charge in [0.25, 0.3) is 0 Å². The summed E-state index contributed by atoms with van der Waals surface area (Å²) < 4.78 is 10.1. The first-order valence-corrected chi connectivity index (χ1v) is 6.25. The molecule has 0 aromatic rings. The van der Waals surface area contributed by atoms with E-state index in [9.17, 15) is 9.59 Å². The number of methoxy groups -OCH3 is 1. The molecular formula is C12H23N3O4. The molecule has 1 fully saturated rings. The number of nitrogens with zero attached hydrogens (tertiary/aromatic N) is 1. The van der Waals surface area contributed by atoms with Crippen LogP contribution in [-0.4, -0.2) is 61.4 Å². The Kier molecular flexibility index (Phi) is 5.13. The SMILES string of the molecule is COC[C@@H](NC(=O)OC(C)(C)C)C(=O)N1CC(N)C1. The van der Waals surface area contributed by atoms with Crippen LogP contribution in [0.4, 0.5) is 4.79 Å². The van der Waals surface area contributed by atoms with Gasteiger partial charge in [0, 0.05) is 26.2 Å². The Morgan fingerprint density at radius 3 is 2.42 bits per heavy atom. The molecule has 0 aliphatic carbocycles. The number of nitrogens with one attached hydrogen (secondary N) is 1. The third-order valence-corrected chi connectivity index (χ3v) is 2.54. The van der Waals surface area contributed by atoms with Gasteiger partial charge in [-0.15, -0.1) is 0 Å². The van der Waals surface area contributed by atoms with Crippen molar-refractivity contribution in [2.45, 2.75) is 38.5 Å². The highest BCUT2D eigenvalue weighted by atomic mass is 16.6. The van der Waals surface area contributed by atoms with Crippen LogP contribution in [0, 0.1) is 0 Å². The van der Waals surface area contributed by atoms with Gasteiger partial charge in [0.2, 0.25) is 5.91 Å². The number of rotatable bonds is 4. The lowest BCUT2D eigenvalue weighted by Crippen LogP contribution is -2.63. The van der Waals surface area contributed by atoms with Crippen LogP contribution < -0.4 is 11.1 Å². The molecule has 1 saturated heterocycles. The molecule has 19 heavy (non-hydrogen) atoms. The number of nitrogens with two attached hydrogens (primary N) is 1. The van der Waals surface area contributed by atoms with E-state index in [1.165, 1.54) is 7.11 Å². The highest BCUT2D eigenvalue weighted by Crippen LogP contribution is 2.10. The van der Waals surface area contributed by atoms with Crippen LogP contribution in [0.1, 0.15) is 20.8 Å². The minimum atomic E-state index is -0.743. The second-order valence-electron chi connectivity index (χ2n) is 5.66. The van der Waals surface area contributed by atoms with Gasteiger partial charge in [0.1, 0.15) is 11.6 Å². The summed E-state index contributed by atoms with van der Waals surface area (Å²) in [6, 6.07) is -0.721. The molecule has 1 heterocycles.